The SMILES string of the molecule is c1ccc(COc2ccc3c(c2)C2(c4ccccc4)CC(CN(CC4CC4)C2)O3)cc1. The summed E-state index contributed by atoms with van der Waals surface area (Å²) in [4.78, 5) is 2.65. The van der Waals surface area contributed by atoms with Gasteiger partial charge in [0, 0.05) is 37.0 Å². The predicted molar refractivity (Wildman–Crippen MR) is 123 cm³/mol. The van der Waals surface area contributed by atoms with E-state index >= 15 is 0 Å². The van der Waals surface area contributed by atoms with E-state index in [4.69, 9.17) is 9.47 Å². The Kier molecular flexibility index (Phi) is 4.72. The summed E-state index contributed by atoms with van der Waals surface area (Å²) < 4.78 is 12.7. The Labute approximate surface area is 184 Å². The smallest absolute Gasteiger partial charge is 0.124 e. The van der Waals surface area contributed by atoms with Gasteiger partial charge in [-0.25, -0.2) is 0 Å². The second-order valence-electron chi connectivity index (χ2n) is 9.46. The summed E-state index contributed by atoms with van der Waals surface area (Å²) >= 11 is 0. The summed E-state index contributed by atoms with van der Waals surface area (Å²) in [5.41, 5.74) is 3.81. The molecule has 158 valence electrons. The van der Waals surface area contributed by atoms with Crippen molar-refractivity contribution >= 4 is 0 Å². The molecular formula is C28H29NO2. The summed E-state index contributed by atoms with van der Waals surface area (Å²) in [5, 5.41) is 0. The summed E-state index contributed by atoms with van der Waals surface area (Å²) in [7, 11) is 0. The molecule has 0 N–H and O–H groups in total. The zero-order valence-corrected chi connectivity index (χ0v) is 17.9. The maximum atomic E-state index is 6.50. The lowest BCUT2D eigenvalue weighted by Crippen LogP contribution is -2.56. The minimum atomic E-state index is -0.0429. The molecule has 3 heteroatoms. The number of likely N-dealkylation sites (tertiary alicyclic amines) is 1. The van der Waals surface area contributed by atoms with Gasteiger partial charge in [-0.3, -0.25) is 4.90 Å². The van der Waals surface area contributed by atoms with Crippen molar-refractivity contribution in [1.82, 2.24) is 4.90 Å². The van der Waals surface area contributed by atoms with E-state index in [0.29, 0.717) is 6.61 Å². The van der Waals surface area contributed by atoms with E-state index < -0.39 is 0 Å². The average molecular weight is 412 g/mol. The normalized spacial score (nSPS) is 24.8. The topological polar surface area (TPSA) is 21.7 Å². The van der Waals surface area contributed by atoms with Gasteiger partial charge in [-0.05, 0) is 48.1 Å². The van der Waals surface area contributed by atoms with Gasteiger partial charge in [-0.15, -0.1) is 0 Å². The van der Waals surface area contributed by atoms with E-state index in [9.17, 15) is 0 Å². The van der Waals surface area contributed by atoms with Gasteiger partial charge in [0.05, 0.1) is 0 Å². The molecule has 3 aromatic rings. The highest BCUT2D eigenvalue weighted by Gasteiger charge is 2.48. The lowest BCUT2D eigenvalue weighted by atomic mass is 9.66. The maximum absolute atomic E-state index is 6.50. The molecule has 1 saturated carbocycles. The third kappa shape index (κ3) is 3.72. The van der Waals surface area contributed by atoms with Crippen LogP contribution in [-0.2, 0) is 12.0 Å². The van der Waals surface area contributed by atoms with Gasteiger partial charge in [0.15, 0.2) is 0 Å². The van der Waals surface area contributed by atoms with Gasteiger partial charge >= 0.3 is 0 Å². The van der Waals surface area contributed by atoms with Crippen molar-refractivity contribution in [3.63, 3.8) is 0 Å². The summed E-state index contributed by atoms with van der Waals surface area (Å²) in [5.74, 6) is 2.82. The maximum Gasteiger partial charge on any atom is 0.124 e. The molecule has 2 aliphatic heterocycles. The van der Waals surface area contributed by atoms with Crippen LogP contribution in [0.4, 0.5) is 0 Å². The summed E-state index contributed by atoms with van der Waals surface area (Å²) in [6.45, 7) is 3.88. The molecule has 2 heterocycles. The minimum Gasteiger partial charge on any atom is -0.489 e. The molecular weight excluding hydrogens is 382 g/mol. The van der Waals surface area contributed by atoms with Gasteiger partial charge in [0.25, 0.3) is 0 Å². The summed E-state index contributed by atoms with van der Waals surface area (Å²) in [6, 6.07) is 27.8. The Morgan fingerprint density at radius 1 is 0.935 bits per heavy atom. The molecule has 0 aromatic heterocycles. The fraction of sp³-hybridized carbons (Fsp3) is 0.357. The Balaban J connectivity index is 1.36. The van der Waals surface area contributed by atoms with E-state index in [0.717, 1.165) is 36.9 Å². The molecule has 0 spiro atoms. The van der Waals surface area contributed by atoms with Crippen LogP contribution in [0.5, 0.6) is 11.5 Å². The van der Waals surface area contributed by atoms with E-state index in [-0.39, 0.29) is 11.5 Å². The first kappa shape index (κ1) is 18.9. The number of ether oxygens (including phenoxy) is 2. The van der Waals surface area contributed by atoms with Gasteiger partial charge in [0.1, 0.15) is 24.2 Å². The largest absolute Gasteiger partial charge is 0.489 e. The standard InChI is InChI=1S/C28H29NO2/c1-3-7-22(8-4-1)19-30-24-13-14-27-26(15-24)28(23-9-5-2-6-10-23)16-25(31-27)18-29(20-28)17-21-11-12-21/h1-10,13-15,21,25H,11-12,16-20H2. The lowest BCUT2D eigenvalue weighted by molar-refractivity contribution is 0.0284. The molecule has 3 aliphatic rings. The molecule has 3 nitrogen and oxygen atoms in total. The number of hydrogen-bond acceptors (Lipinski definition) is 3. The molecule has 6 rings (SSSR count). The van der Waals surface area contributed by atoms with E-state index in [2.05, 4.69) is 77.7 Å². The number of rotatable bonds is 6. The highest BCUT2D eigenvalue weighted by molar-refractivity contribution is 5.53. The highest BCUT2D eigenvalue weighted by atomic mass is 16.5. The fourth-order valence-electron chi connectivity index (χ4n) is 5.45. The number of benzene rings is 3. The fourth-order valence-corrected chi connectivity index (χ4v) is 5.45. The van der Waals surface area contributed by atoms with E-state index in [1.54, 1.807) is 0 Å². The van der Waals surface area contributed by atoms with Gasteiger partial charge < -0.3 is 9.47 Å². The molecule has 2 atom stereocenters. The monoisotopic (exact) mass is 411 g/mol. The minimum absolute atomic E-state index is 0.0429. The third-order valence-electron chi connectivity index (χ3n) is 7.08. The second-order valence-corrected chi connectivity index (χ2v) is 9.46. The Morgan fingerprint density at radius 3 is 2.48 bits per heavy atom. The number of hydrogen-bond donors (Lipinski definition) is 0. The van der Waals surface area contributed by atoms with Crippen LogP contribution < -0.4 is 9.47 Å². The quantitative estimate of drug-likeness (QED) is 0.540. The van der Waals surface area contributed by atoms with Crippen molar-refractivity contribution in [3.8, 4) is 11.5 Å². The van der Waals surface area contributed by atoms with Gasteiger partial charge in [0.2, 0.25) is 0 Å². The Morgan fingerprint density at radius 2 is 1.71 bits per heavy atom. The molecule has 2 unspecified atom stereocenters. The van der Waals surface area contributed by atoms with Gasteiger partial charge in [-0.1, -0.05) is 60.7 Å². The van der Waals surface area contributed by atoms with Gasteiger partial charge in [-0.2, -0.15) is 0 Å². The first-order valence-corrected chi connectivity index (χ1v) is 11.5. The zero-order valence-electron chi connectivity index (χ0n) is 17.9. The number of fused-ring (bicyclic) bond motifs is 4. The van der Waals surface area contributed by atoms with Crippen molar-refractivity contribution in [3.05, 3.63) is 95.6 Å². The molecule has 0 radical (unpaired) electrons. The van der Waals surface area contributed by atoms with Crippen LogP contribution in [0.3, 0.4) is 0 Å². The zero-order chi connectivity index (χ0) is 20.7. The predicted octanol–water partition coefficient (Wildman–Crippen LogP) is 5.43. The van der Waals surface area contributed by atoms with E-state index in [1.165, 1.54) is 36.1 Å². The van der Waals surface area contributed by atoms with Crippen LogP contribution in [0.2, 0.25) is 0 Å². The molecule has 2 bridgehead atoms. The molecule has 31 heavy (non-hydrogen) atoms. The Bertz CT molecular complexity index is 1050. The van der Waals surface area contributed by atoms with Crippen LogP contribution >= 0.6 is 0 Å². The average Bonchev–Trinajstić information content (AvgIpc) is 3.63. The first-order valence-electron chi connectivity index (χ1n) is 11.5. The molecule has 3 aromatic carbocycles. The second kappa shape index (κ2) is 7.72. The Hall–Kier alpha value is -2.78. The number of piperidine rings is 1. The summed E-state index contributed by atoms with van der Waals surface area (Å²) in [6.07, 6.45) is 4.05. The van der Waals surface area contributed by atoms with Crippen molar-refractivity contribution in [2.45, 2.75) is 37.4 Å². The third-order valence-corrected chi connectivity index (χ3v) is 7.08. The van der Waals surface area contributed by atoms with Crippen molar-refractivity contribution in [2.24, 2.45) is 5.92 Å². The van der Waals surface area contributed by atoms with Crippen LogP contribution in [-0.4, -0.2) is 30.6 Å². The molecule has 2 fully saturated rings. The molecule has 1 saturated heterocycles. The van der Waals surface area contributed by atoms with Crippen molar-refractivity contribution in [1.29, 1.82) is 0 Å². The van der Waals surface area contributed by atoms with Crippen LogP contribution in [0.15, 0.2) is 78.9 Å². The lowest BCUT2D eigenvalue weighted by Gasteiger charge is -2.50. The number of nitrogens with zero attached hydrogens (tertiary/aromatic N) is 1. The van der Waals surface area contributed by atoms with Crippen LogP contribution in [0.1, 0.15) is 36.0 Å². The van der Waals surface area contributed by atoms with Crippen LogP contribution in [0.25, 0.3) is 0 Å². The molecule has 1 aliphatic carbocycles. The molecule has 0 amide bonds. The van der Waals surface area contributed by atoms with Crippen molar-refractivity contribution in [2.75, 3.05) is 19.6 Å². The van der Waals surface area contributed by atoms with Crippen molar-refractivity contribution < 1.29 is 9.47 Å². The first-order chi connectivity index (χ1) is 15.3. The van der Waals surface area contributed by atoms with E-state index in [1.807, 2.05) is 6.07 Å². The highest BCUT2D eigenvalue weighted by Crippen LogP contribution is 2.50. The van der Waals surface area contributed by atoms with Crippen LogP contribution in [0, 0.1) is 5.92 Å².